The molecule has 0 amide bonds. The lowest BCUT2D eigenvalue weighted by molar-refractivity contribution is -0.139. The number of para-hydroxylation sites is 1. The molecular formula is C23H18O9. The van der Waals surface area contributed by atoms with Gasteiger partial charge < -0.3 is 24.1 Å². The number of ketones is 1. The molecule has 0 saturated carbocycles. The number of fused-ring (bicyclic) bond motifs is 3. The Balaban J connectivity index is 2.09. The number of carbonyl (C=O) groups excluding carboxylic acids is 2. The Morgan fingerprint density at radius 3 is 2.62 bits per heavy atom. The van der Waals surface area contributed by atoms with E-state index in [-0.39, 0.29) is 40.0 Å². The number of phenols is 1. The summed E-state index contributed by atoms with van der Waals surface area (Å²) in [5.74, 6) is -3.62. The quantitative estimate of drug-likeness (QED) is 0.266. The van der Waals surface area contributed by atoms with Crippen molar-refractivity contribution in [2.45, 2.75) is 26.2 Å². The number of aryl methyl sites for hydroxylation is 1. The summed E-state index contributed by atoms with van der Waals surface area (Å²) in [4.78, 5) is 48.1. The molecule has 0 spiro atoms. The summed E-state index contributed by atoms with van der Waals surface area (Å²) in [6, 6.07) is 7.70. The summed E-state index contributed by atoms with van der Waals surface area (Å²) >= 11 is 0. The fourth-order valence-corrected chi connectivity index (χ4v) is 4.04. The first-order valence-corrected chi connectivity index (χ1v) is 9.67. The van der Waals surface area contributed by atoms with Crippen LogP contribution >= 0.6 is 0 Å². The van der Waals surface area contributed by atoms with Gasteiger partial charge in [0.15, 0.2) is 18.1 Å². The van der Waals surface area contributed by atoms with Crippen molar-refractivity contribution in [3.05, 3.63) is 63.0 Å². The van der Waals surface area contributed by atoms with Crippen LogP contribution in [0.2, 0.25) is 0 Å². The second-order valence-electron chi connectivity index (χ2n) is 7.43. The van der Waals surface area contributed by atoms with Crippen LogP contribution in [0.4, 0.5) is 0 Å². The summed E-state index contributed by atoms with van der Waals surface area (Å²) in [5.41, 5.74) is 0.153. The minimum atomic E-state index is -1.18. The van der Waals surface area contributed by atoms with Crippen molar-refractivity contribution < 1.29 is 38.5 Å². The van der Waals surface area contributed by atoms with Crippen molar-refractivity contribution in [1.82, 2.24) is 0 Å². The van der Waals surface area contributed by atoms with Crippen LogP contribution in [0.1, 0.15) is 46.3 Å². The molecule has 0 fully saturated rings. The van der Waals surface area contributed by atoms with Crippen molar-refractivity contribution in [3.63, 3.8) is 0 Å². The molecule has 0 saturated heterocycles. The highest BCUT2D eigenvalue weighted by atomic mass is 16.5. The number of ether oxygens (including phenoxy) is 2. The standard InChI is InChI=1S/C23H18O9/c1-10-7-16(27)31-22-18(10)21(29)19(11(2)24)23-20(22)13(8-17(28)32-23)12-5-3-4-6-14(12)30-9-15(25)26/h3-7,13,29H,8-9H2,1-2H3,(H,25,26)/t13-/m0/s1. The first kappa shape index (κ1) is 21.1. The first-order chi connectivity index (χ1) is 15.2. The van der Waals surface area contributed by atoms with Gasteiger partial charge in [-0.2, -0.15) is 0 Å². The van der Waals surface area contributed by atoms with Gasteiger partial charge in [-0.1, -0.05) is 18.2 Å². The van der Waals surface area contributed by atoms with Gasteiger partial charge in [-0.05, 0) is 25.5 Å². The Hall–Kier alpha value is -4.14. The largest absolute Gasteiger partial charge is 0.506 e. The normalized spacial score (nSPS) is 15.2. The minimum absolute atomic E-state index is 0.0157. The van der Waals surface area contributed by atoms with E-state index in [1.165, 1.54) is 13.0 Å². The maximum atomic E-state index is 12.5. The summed E-state index contributed by atoms with van der Waals surface area (Å²) in [6.45, 7) is 2.20. The van der Waals surface area contributed by atoms with E-state index >= 15 is 0 Å². The highest BCUT2D eigenvalue weighted by Crippen LogP contribution is 2.50. The molecule has 32 heavy (non-hydrogen) atoms. The first-order valence-electron chi connectivity index (χ1n) is 9.67. The van der Waals surface area contributed by atoms with E-state index < -0.39 is 41.6 Å². The number of aromatic hydroxyl groups is 1. The van der Waals surface area contributed by atoms with Crippen molar-refractivity contribution in [2.24, 2.45) is 0 Å². The number of rotatable bonds is 5. The van der Waals surface area contributed by atoms with Crippen LogP contribution in [0.5, 0.6) is 17.2 Å². The zero-order valence-corrected chi connectivity index (χ0v) is 17.1. The van der Waals surface area contributed by atoms with Crippen molar-refractivity contribution in [3.8, 4) is 17.2 Å². The smallest absolute Gasteiger partial charge is 0.341 e. The number of carboxylic acids is 1. The van der Waals surface area contributed by atoms with Gasteiger partial charge >= 0.3 is 17.6 Å². The van der Waals surface area contributed by atoms with Crippen molar-refractivity contribution >= 4 is 28.7 Å². The highest BCUT2D eigenvalue weighted by Gasteiger charge is 2.38. The van der Waals surface area contributed by atoms with Gasteiger partial charge in [0.05, 0.1) is 11.8 Å². The number of carboxylic acid groups (broad SMARTS) is 1. The molecule has 1 aliphatic heterocycles. The number of hydrogen-bond donors (Lipinski definition) is 2. The average Bonchev–Trinajstić information content (AvgIpc) is 2.70. The van der Waals surface area contributed by atoms with E-state index in [2.05, 4.69) is 0 Å². The van der Waals surface area contributed by atoms with Gasteiger partial charge in [0.25, 0.3) is 0 Å². The Morgan fingerprint density at radius 1 is 1.22 bits per heavy atom. The van der Waals surface area contributed by atoms with Crippen LogP contribution < -0.4 is 15.1 Å². The number of Topliss-reactive ketones (excluding diaryl/α,β-unsaturated/α-hetero) is 1. The van der Waals surface area contributed by atoms with Gasteiger partial charge in [0.1, 0.15) is 22.6 Å². The van der Waals surface area contributed by atoms with Gasteiger partial charge in [0.2, 0.25) is 0 Å². The summed E-state index contributed by atoms with van der Waals surface area (Å²) in [5, 5.41) is 20.0. The molecule has 2 aromatic carbocycles. The van der Waals surface area contributed by atoms with Gasteiger partial charge in [-0.25, -0.2) is 9.59 Å². The zero-order valence-electron chi connectivity index (χ0n) is 17.1. The topological polar surface area (TPSA) is 140 Å². The molecule has 164 valence electrons. The molecular weight excluding hydrogens is 420 g/mol. The number of phenolic OH excluding ortho intramolecular Hbond substituents is 1. The van der Waals surface area contributed by atoms with E-state index in [0.29, 0.717) is 11.1 Å². The van der Waals surface area contributed by atoms with E-state index in [1.54, 1.807) is 31.2 Å². The lowest BCUT2D eigenvalue weighted by Crippen LogP contribution is -2.24. The van der Waals surface area contributed by atoms with Crippen LogP contribution in [-0.2, 0) is 9.59 Å². The molecule has 0 bridgehead atoms. The number of esters is 1. The lowest BCUT2D eigenvalue weighted by atomic mass is 9.82. The van der Waals surface area contributed by atoms with E-state index in [0.717, 1.165) is 0 Å². The number of hydrogen-bond acceptors (Lipinski definition) is 8. The third-order valence-electron chi connectivity index (χ3n) is 5.28. The molecule has 0 unspecified atom stereocenters. The Kier molecular flexibility index (Phi) is 5.17. The van der Waals surface area contributed by atoms with E-state index in [4.69, 9.17) is 19.0 Å². The predicted octanol–water partition coefficient (Wildman–Crippen LogP) is 2.91. The third-order valence-corrected chi connectivity index (χ3v) is 5.28. The summed E-state index contributed by atoms with van der Waals surface area (Å²) in [7, 11) is 0. The molecule has 9 heteroatoms. The van der Waals surface area contributed by atoms with Crippen LogP contribution in [0.3, 0.4) is 0 Å². The van der Waals surface area contributed by atoms with Crippen LogP contribution in [0.25, 0.3) is 11.0 Å². The summed E-state index contributed by atoms with van der Waals surface area (Å²) < 4.78 is 16.2. The maximum Gasteiger partial charge on any atom is 0.341 e. The van der Waals surface area contributed by atoms with Crippen LogP contribution in [0.15, 0.2) is 39.5 Å². The predicted molar refractivity (Wildman–Crippen MR) is 111 cm³/mol. The SMILES string of the molecule is CC(=O)c1c2c(c3oc(=O)cc(C)c3c1O)[C@H](c1ccccc1OCC(=O)O)CC(=O)O2. The maximum absolute atomic E-state index is 12.5. The zero-order chi connectivity index (χ0) is 23.2. The molecule has 4 rings (SSSR count). The molecule has 1 aromatic heterocycles. The average molecular weight is 438 g/mol. The fraction of sp³-hybridized carbons (Fsp3) is 0.217. The number of carbonyl (C=O) groups is 3. The molecule has 0 radical (unpaired) electrons. The van der Waals surface area contributed by atoms with E-state index in [1.807, 2.05) is 0 Å². The minimum Gasteiger partial charge on any atom is -0.506 e. The molecule has 2 heterocycles. The lowest BCUT2D eigenvalue weighted by Gasteiger charge is -2.28. The number of benzene rings is 2. The van der Waals surface area contributed by atoms with Crippen LogP contribution in [0, 0.1) is 6.92 Å². The Labute approximate surface area is 180 Å². The monoisotopic (exact) mass is 438 g/mol. The van der Waals surface area contributed by atoms with Crippen molar-refractivity contribution in [2.75, 3.05) is 6.61 Å². The molecule has 0 aliphatic carbocycles. The molecule has 2 N–H and O–H groups in total. The van der Waals surface area contributed by atoms with Gasteiger partial charge in [0, 0.05) is 23.1 Å². The summed E-state index contributed by atoms with van der Waals surface area (Å²) in [6.07, 6.45) is -0.185. The second kappa shape index (κ2) is 7.84. The highest BCUT2D eigenvalue weighted by molar-refractivity contribution is 6.09. The molecule has 1 aliphatic rings. The van der Waals surface area contributed by atoms with Gasteiger partial charge in [-0.15, -0.1) is 0 Å². The molecule has 9 nitrogen and oxygen atoms in total. The van der Waals surface area contributed by atoms with Crippen molar-refractivity contribution in [1.29, 1.82) is 0 Å². The van der Waals surface area contributed by atoms with Crippen LogP contribution in [-0.4, -0.2) is 34.5 Å². The molecule has 3 aromatic rings. The van der Waals surface area contributed by atoms with E-state index in [9.17, 15) is 24.3 Å². The fourth-order valence-electron chi connectivity index (χ4n) is 4.04. The Bertz CT molecular complexity index is 1350. The number of aliphatic carboxylic acids is 1. The second-order valence-corrected chi connectivity index (χ2v) is 7.43. The third kappa shape index (κ3) is 3.47. The molecule has 1 atom stereocenters. The van der Waals surface area contributed by atoms with Gasteiger partial charge in [-0.3, -0.25) is 9.59 Å². The Morgan fingerprint density at radius 2 is 1.94 bits per heavy atom.